The van der Waals surface area contributed by atoms with Crippen molar-refractivity contribution in [3.8, 4) is 11.4 Å². The predicted octanol–water partition coefficient (Wildman–Crippen LogP) is 6.29. The third kappa shape index (κ3) is 7.42. The van der Waals surface area contributed by atoms with Crippen molar-refractivity contribution in [2.45, 2.75) is 24.2 Å². The average molecular weight is 661 g/mol. The number of halogens is 2. The van der Waals surface area contributed by atoms with Crippen LogP contribution in [-0.4, -0.2) is 49.7 Å². The zero-order chi connectivity index (χ0) is 31.2. The van der Waals surface area contributed by atoms with E-state index in [-0.39, 0.29) is 42.6 Å². The third-order valence-electron chi connectivity index (χ3n) is 6.87. The fraction of sp³-hybridized carbons (Fsp3) is 0.156. The second-order valence-electron chi connectivity index (χ2n) is 9.91. The number of rotatable bonds is 11. The summed E-state index contributed by atoms with van der Waals surface area (Å²) in [6.07, 6.45) is 0.513. The molecule has 2 amide bonds. The lowest BCUT2D eigenvalue weighted by Crippen LogP contribution is -2.29. The SMILES string of the molecule is O=C(COc1ccccc1)NCc1nnc(SCC(=O)N2N=C(c3cccs3)CC2c2ccc(F)cc2)n1-c1cccc(Cl)c1. The van der Waals surface area contributed by atoms with Gasteiger partial charge in [0.25, 0.3) is 11.8 Å². The standard InChI is InChI=1S/C32H26ClFN6O3S2/c33-22-6-4-7-24(16-22)39-29(18-35-30(41)19-43-25-8-2-1-3-9-25)36-37-32(39)45-20-31(42)40-27(21-11-13-23(34)14-12-21)17-26(38-40)28-10-5-15-44-28/h1-16,27H,17-20H2,(H,35,41). The van der Waals surface area contributed by atoms with Gasteiger partial charge < -0.3 is 10.1 Å². The Morgan fingerprint density at radius 3 is 2.60 bits per heavy atom. The smallest absolute Gasteiger partial charge is 0.258 e. The molecule has 228 valence electrons. The molecule has 0 aliphatic carbocycles. The summed E-state index contributed by atoms with van der Waals surface area (Å²) in [7, 11) is 0. The van der Waals surface area contributed by atoms with Crippen molar-refractivity contribution in [2.75, 3.05) is 12.4 Å². The van der Waals surface area contributed by atoms with Crippen molar-refractivity contribution < 1.29 is 18.7 Å². The second kappa shape index (κ2) is 14.1. The molecule has 9 nitrogen and oxygen atoms in total. The highest BCUT2D eigenvalue weighted by atomic mass is 35.5. The number of benzene rings is 3. The Bertz CT molecular complexity index is 1820. The molecule has 0 saturated heterocycles. The number of nitrogens with one attached hydrogen (secondary N) is 1. The van der Waals surface area contributed by atoms with Crippen LogP contribution in [0.15, 0.2) is 107 Å². The van der Waals surface area contributed by atoms with Crippen LogP contribution in [0.2, 0.25) is 5.02 Å². The van der Waals surface area contributed by atoms with Crippen molar-refractivity contribution in [2.24, 2.45) is 5.10 Å². The van der Waals surface area contributed by atoms with E-state index >= 15 is 0 Å². The van der Waals surface area contributed by atoms with Gasteiger partial charge in [-0.2, -0.15) is 5.10 Å². The number of ether oxygens (including phenoxy) is 1. The van der Waals surface area contributed by atoms with Crippen LogP contribution in [0, 0.1) is 5.82 Å². The molecule has 1 N–H and O–H groups in total. The van der Waals surface area contributed by atoms with Crippen molar-refractivity contribution in [3.63, 3.8) is 0 Å². The van der Waals surface area contributed by atoms with Crippen molar-refractivity contribution >= 4 is 52.2 Å². The number of para-hydroxylation sites is 1. The predicted molar refractivity (Wildman–Crippen MR) is 172 cm³/mol. The lowest BCUT2D eigenvalue weighted by atomic mass is 10.0. The minimum Gasteiger partial charge on any atom is -0.484 e. The number of carbonyl (C=O) groups excluding carboxylic acids is 2. The van der Waals surface area contributed by atoms with Crippen LogP contribution in [0.25, 0.3) is 5.69 Å². The van der Waals surface area contributed by atoms with Crippen LogP contribution < -0.4 is 10.1 Å². The Labute approximate surface area is 271 Å². The Kier molecular flexibility index (Phi) is 9.53. The molecular formula is C32H26ClFN6O3S2. The van der Waals surface area contributed by atoms with Crippen LogP contribution in [0.1, 0.15) is 28.7 Å². The Hall–Kier alpha value is -4.52. The van der Waals surface area contributed by atoms with Gasteiger partial charge >= 0.3 is 0 Å². The van der Waals surface area contributed by atoms with E-state index in [1.807, 2.05) is 41.8 Å². The maximum absolute atomic E-state index is 13.7. The van der Waals surface area contributed by atoms with E-state index in [1.54, 1.807) is 58.4 Å². The number of thioether (sulfide) groups is 1. The summed E-state index contributed by atoms with van der Waals surface area (Å²) in [5.41, 5.74) is 2.27. The Morgan fingerprint density at radius 1 is 1.02 bits per heavy atom. The second-order valence-corrected chi connectivity index (χ2v) is 12.2. The average Bonchev–Trinajstić information content (AvgIpc) is 3.83. The molecule has 5 aromatic rings. The molecule has 3 aromatic carbocycles. The third-order valence-corrected chi connectivity index (χ3v) is 8.94. The number of carbonyl (C=O) groups is 2. The number of amides is 2. The van der Waals surface area contributed by atoms with E-state index < -0.39 is 0 Å². The molecular weight excluding hydrogens is 635 g/mol. The van der Waals surface area contributed by atoms with Gasteiger partial charge in [-0.05, 0) is 59.5 Å². The van der Waals surface area contributed by atoms with Crippen molar-refractivity contribution in [3.05, 3.63) is 123 Å². The van der Waals surface area contributed by atoms with Gasteiger partial charge in [-0.1, -0.05) is 65.8 Å². The van der Waals surface area contributed by atoms with Gasteiger partial charge in [0.05, 0.1) is 34.6 Å². The van der Waals surface area contributed by atoms with Gasteiger partial charge in [-0.15, -0.1) is 21.5 Å². The summed E-state index contributed by atoms with van der Waals surface area (Å²) in [5, 5.41) is 20.5. The number of hydrazone groups is 1. The summed E-state index contributed by atoms with van der Waals surface area (Å²) in [6.45, 7) is -0.0945. The van der Waals surface area contributed by atoms with E-state index in [0.717, 1.165) is 16.2 Å². The van der Waals surface area contributed by atoms with E-state index in [2.05, 4.69) is 15.5 Å². The van der Waals surface area contributed by atoms with Gasteiger partial charge in [-0.3, -0.25) is 14.2 Å². The highest BCUT2D eigenvalue weighted by Crippen LogP contribution is 2.35. The fourth-order valence-corrected chi connectivity index (χ4v) is 6.47. The van der Waals surface area contributed by atoms with Crippen LogP contribution in [0.5, 0.6) is 5.75 Å². The number of aromatic nitrogens is 3. The quantitative estimate of drug-likeness (QED) is 0.167. The van der Waals surface area contributed by atoms with Crippen LogP contribution in [0.4, 0.5) is 4.39 Å². The molecule has 6 rings (SSSR count). The maximum atomic E-state index is 13.7. The van der Waals surface area contributed by atoms with Crippen LogP contribution >= 0.6 is 34.7 Å². The molecule has 1 aliphatic rings. The molecule has 1 unspecified atom stereocenters. The molecule has 1 aliphatic heterocycles. The first kappa shape index (κ1) is 30.5. The van der Waals surface area contributed by atoms with Gasteiger partial charge in [-0.25, -0.2) is 9.40 Å². The number of hydrogen-bond donors (Lipinski definition) is 1. The molecule has 0 radical (unpaired) electrons. The van der Waals surface area contributed by atoms with E-state index in [4.69, 9.17) is 21.4 Å². The first-order valence-corrected chi connectivity index (χ1v) is 16.2. The Balaban J connectivity index is 1.19. The molecule has 45 heavy (non-hydrogen) atoms. The Morgan fingerprint density at radius 2 is 1.84 bits per heavy atom. The lowest BCUT2D eigenvalue weighted by molar-refractivity contribution is -0.130. The highest BCUT2D eigenvalue weighted by molar-refractivity contribution is 7.99. The molecule has 13 heteroatoms. The summed E-state index contributed by atoms with van der Waals surface area (Å²) in [5.74, 6) is 0.127. The summed E-state index contributed by atoms with van der Waals surface area (Å²) >= 11 is 9.05. The van der Waals surface area contributed by atoms with Crippen molar-refractivity contribution in [1.82, 2.24) is 25.1 Å². The molecule has 1 atom stereocenters. The van der Waals surface area contributed by atoms with Crippen molar-refractivity contribution in [1.29, 1.82) is 0 Å². The number of thiophene rings is 1. The first-order valence-electron chi connectivity index (χ1n) is 13.9. The first-order chi connectivity index (χ1) is 21.9. The summed E-state index contributed by atoms with van der Waals surface area (Å²) in [4.78, 5) is 27.2. The van der Waals surface area contributed by atoms with E-state index in [9.17, 15) is 14.0 Å². The topological polar surface area (TPSA) is 102 Å². The highest BCUT2D eigenvalue weighted by Gasteiger charge is 2.33. The fourth-order valence-electron chi connectivity index (χ4n) is 4.75. The summed E-state index contributed by atoms with van der Waals surface area (Å²) in [6, 6.07) is 25.9. The van der Waals surface area contributed by atoms with Gasteiger partial charge in [0.1, 0.15) is 11.6 Å². The largest absolute Gasteiger partial charge is 0.484 e. The maximum Gasteiger partial charge on any atom is 0.258 e. The van der Waals surface area contributed by atoms with Gasteiger partial charge in [0.15, 0.2) is 17.6 Å². The lowest BCUT2D eigenvalue weighted by Gasteiger charge is -2.22. The molecule has 0 spiro atoms. The van der Waals surface area contributed by atoms with Gasteiger partial charge in [0, 0.05) is 11.4 Å². The van der Waals surface area contributed by atoms with E-state index in [0.29, 0.717) is 33.9 Å². The molecule has 2 aromatic heterocycles. The molecule has 0 fully saturated rings. The molecule has 3 heterocycles. The minimum atomic E-state index is -0.370. The minimum absolute atomic E-state index is 0.00882. The van der Waals surface area contributed by atoms with Crippen LogP contribution in [0.3, 0.4) is 0 Å². The van der Waals surface area contributed by atoms with Gasteiger partial charge in [0.2, 0.25) is 0 Å². The molecule has 0 saturated carbocycles. The zero-order valence-electron chi connectivity index (χ0n) is 23.7. The van der Waals surface area contributed by atoms with Crippen LogP contribution in [-0.2, 0) is 16.1 Å². The normalized spacial score (nSPS) is 14.3. The zero-order valence-corrected chi connectivity index (χ0v) is 26.1. The van der Waals surface area contributed by atoms with E-state index in [1.165, 1.54) is 28.9 Å². The molecule has 0 bridgehead atoms. The summed E-state index contributed by atoms with van der Waals surface area (Å²) < 4.78 is 21.0. The monoisotopic (exact) mass is 660 g/mol. The number of hydrogen-bond acceptors (Lipinski definition) is 8. The number of nitrogens with zero attached hydrogens (tertiary/aromatic N) is 5.